The Morgan fingerprint density at radius 3 is 2.72 bits per heavy atom. The average Bonchev–Trinajstić information content (AvgIpc) is 3.52. The van der Waals surface area contributed by atoms with Crippen LogP contribution in [-0.4, -0.2) is 92.7 Å². The standard InChI is InChI=1S/C43H52ClN5O6S3/c1-28-8-5-17-43(54-4,41-56-18-7-19-57-41)35-13-10-31(35)22-49-25-42(16-6-9-29-20-32(44)12-14-34(29)42)26-55-37-15-11-30(21-36(37)49)38(50)47-58(52,24-28)27-45-39(51)33-23-48(2)46-40(33)53-3/h5,11-12,14-15,17,20-21,23,27-28,31,35,41H,6-10,13,16,18-19,22,24-26H2,1-4H3/b17-5+,45-27?/t28-,31-,35+,42-,43+,58?/m0/s1. The number of ether oxygens (including phenoxy) is 3. The van der Waals surface area contributed by atoms with Crippen LogP contribution in [0.1, 0.15) is 77.3 Å². The third kappa shape index (κ3) is 8.12. The van der Waals surface area contributed by atoms with Crippen LogP contribution >= 0.6 is 35.1 Å². The van der Waals surface area contributed by atoms with Crippen LogP contribution in [0.5, 0.6) is 11.6 Å². The molecule has 6 atom stereocenters. The van der Waals surface area contributed by atoms with Gasteiger partial charge in [0.2, 0.25) is 5.88 Å². The molecule has 2 amide bonds. The Morgan fingerprint density at radius 1 is 1.14 bits per heavy atom. The Balaban J connectivity index is 1.24. The molecule has 1 unspecified atom stereocenters. The number of hydrogen-bond donors (Lipinski definition) is 0. The minimum Gasteiger partial charge on any atom is -0.490 e. The summed E-state index contributed by atoms with van der Waals surface area (Å²) in [6.45, 7) is 3.95. The van der Waals surface area contributed by atoms with E-state index in [4.69, 9.17) is 25.8 Å². The van der Waals surface area contributed by atoms with E-state index in [1.807, 2.05) is 55.8 Å². The highest BCUT2D eigenvalue weighted by atomic mass is 35.5. The van der Waals surface area contributed by atoms with Gasteiger partial charge in [0.1, 0.15) is 22.5 Å². The summed E-state index contributed by atoms with van der Waals surface area (Å²) in [7, 11) is 1.47. The van der Waals surface area contributed by atoms with Gasteiger partial charge in [-0.25, -0.2) is 9.20 Å². The van der Waals surface area contributed by atoms with Gasteiger partial charge in [-0.3, -0.25) is 14.3 Å². The van der Waals surface area contributed by atoms with Crippen LogP contribution in [0.2, 0.25) is 5.02 Å². The summed E-state index contributed by atoms with van der Waals surface area (Å²) < 4.78 is 39.6. The number of fused-ring (bicyclic) bond motifs is 4. The number of aliphatic imine (C=N–C) groups is 1. The summed E-state index contributed by atoms with van der Waals surface area (Å²) in [5, 5.41) is 4.89. The lowest BCUT2D eigenvalue weighted by Crippen LogP contribution is -2.56. The van der Waals surface area contributed by atoms with Crippen molar-refractivity contribution in [1.82, 2.24) is 9.78 Å². The third-order valence-electron chi connectivity index (χ3n) is 12.5. The number of allylic oxidation sites excluding steroid dienone is 1. The number of hydrogen-bond acceptors (Lipinski definition) is 10. The molecule has 2 aromatic carbocycles. The van der Waals surface area contributed by atoms with Gasteiger partial charge in [-0.05, 0) is 116 Å². The number of anilines is 1. The minimum absolute atomic E-state index is 0.0229. The minimum atomic E-state index is -3.48. The number of thioether (sulfide) groups is 2. The number of aromatic nitrogens is 2. The highest BCUT2D eigenvalue weighted by Crippen LogP contribution is 2.54. The zero-order valence-corrected chi connectivity index (χ0v) is 36.8. The first kappa shape index (κ1) is 41.4. The number of aryl methyl sites for hydroxylation is 2. The van der Waals surface area contributed by atoms with Crippen LogP contribution in [0.3, 0.4) is 0 Å². The van der Waals surface area contributed by atoms with Crippen molar-refractivity contribution in [1.29, 1.82) is 0 Å². The molecule has 1 saturated heterocycles. The number of halogens is 1. The van der Waals surface area contributed by atoms with E-state index in [9.17, 15) is 13.8 Å². The van der Waals surface area contributed by atoms with Gasteiger partial charge in [0.05, 0.1) is 33.7 Å². The number of carbonyl (C=O) groups excluding carboxylic acids is 2. The van der Waals surface area contributed by atoms with Gasteiger partial charge in [-0.15, -0.1) is 28.6 Å². The van der Waals surface area contributed by atoms with Crippen molar-refractivity contribution < 1.29 is 28.0 Å². The van der Waals surface area contributed by atoms with Crippen molar-refractivity contribution in [2.75, 3.05) is 56.1 Å². The van der Waals surface area contributed by atoms with E-state index in [1.165, 1.54) is 35.5 Å². The molecule has 3 aromatic rings. The molecule has 1 aromatic heterocycles. The highest BCUT2D eigenvalue weighted by molar-refractivity contribution is 8.17. The summed E-state index contributed by atoms with van der Waals surface area (Å²) in [6, 6.07) is 11.7. The zero-order valence-electron chi connectivity index (χ0n) is 33.6. The second-order valence-electron chi connectivity index (χ2n) is 16.5. The Bertz CT molecular complexity index is 2250. The van der Waals surface area contributed by atoms with E-state index in [2.05, 4.69) is 43.6 Å². The molecule has 58 heavy (non-hydrogen) atoms. The molecule has 0 N–H and O–H groups in total. The molecule has 0 radical (unpaired) electrons. The van der Waals surface area contributed by atoms with Gasteiger partial charge in [0.15, 0.2) is 0 Å². The molecule has 11 nitrogen and oxygen atoms in total. The van der Waals surface area contributed by atoms with Gasteiger partial charge in [-0.2, -0.15) is 4.36 Å². The average molecular weight is 867 g/mol. The molecular weight excluding hydrogens is 814 g/mol. The van der Waals surface area contributed by atoms with Crippen molar-refractivity contribution in [3.63, 3.8) is 0 Å². The monoisotopic (exact) mass is 865 g/mol. The van der Waals surface area contributed by atoms with Crippen molar-refractivity contribution >= 4 is 67.9 Å². The number of amides is 2. The fourth-order valence-electron chi connectivity index (χ4n) is 9.58. The summed E-state index contributed by atoms with van der Waals surface area (Å²) in [5.41, 5.74) is 4.05. The second-order valence-corrected chi connectivity index (χ2v) is 21.7. The van der Waals surface area contributed by atoms with Gasteiger partial charge in [0.25, 0.3) is 11.8 Å². The van der Waals surface area contributed by atoms with E-state index in [0.29, 0.717) is 36.8 Å². The Morgan fingerprint density at radius 2 is 1.97 bits per heavy atom. The van der Waals surface area contributed by atoms with E-state index in [1.54, 1.807) is 13.1 Å². The van der Waals surface area contributed by atoms with Crippen LogP contribution < -0.4 is 14.4 Å². The lowest BCUT2D eigenvalue weighted by molar-refractivity contribution is -0.0638. The Kier molecular flexibility index (Phi) is 12.1. The topological polar surface area (TPSA) is 125 Å². The quantitative estimate of drug-likeness (QED) is 0.141. The zero-order chi connectivity index (χ0) is 40.7. The molecule has 1 saturated carbocycles. The number of methoxy groups -OCH3 is 2. The van der Waals surface area contributed by atoms with E-state index < -0.39 is 27.1 Å². The number of carbonyl (C=O) groups is 2. The van der Waals surface area contributed by atoms with E-state index >= 15 is 0 Å². The molecule has 310 valence electrons. The van der Waals surface area contributed by atoms with Crippen molar-refractivity contribution in [3.8, 4) is 11.6 Å². The fraction of sp³-hybridized carbons (Fsp3) is 0.535. The molecule has 2 fully saturated rings. The SMILES string of the molecule is COc1nn(C)cc1C(=O)N=CS1(=O)=NC(=O)c2ccc3c(c2)N(C[C@@H]2CC[C@H]2[C@@](OC)(C2SCCCS2)/C=C/C[C@H](C)C1)C[C@@]1(CCCc2cc(Cl)ccc21)CO3. The summed E-state index contributed by atoms with van der Waals surface area (Å²) in [5.74, 6) is 2.14. The van der Waals surface area contributed by atoms with Gasteiger partial charge >= 0.3 is 0 Å². The molecule has 8 rings (SSSR count). The first-order valence-corrected chi connectivity index (χ1v) is 24.4. The van der Waals surface area contributed by atoms with Crippen LogP contribution in [0, 0.1) is 17.8 Å². The molecule has 1 spiro atoms. The largest absolute Gasteiger partial charge is 0.490 e. The Hall–Kier alpha value is -3.30. The van der Waals surface area contributed by atoms with Gasteiger partial charge in [0, 0.05) is 55.2 Å². The molecule has 2 aliphatic carbocycles. The van der Waals surface area contributed by atoms with Gasteiger partial charge < -0.3 is 19.1 Å². The third-order valence-corrected chi connectivity index (χ3v) is 17.9. The van der Waals surface area contributed by atoms with Crippen LogP contribution in [0.15, 0.2) is 64.1 Å². The lowest BCUT2D eigenvalue weighted by atomic mass is 9.64. The maximum Gasteiger partial charge on any atom is 0.285 e. The molecule has 2 bridgehead atoms. The predicted molar refractivity (Wildman–Crippen MR) is 235 cm³/mol. The van der Waals surface area contributed by atoms with Crippen molar-refractivity contribution in [2.24, 2.45) is 34.2 Å². The molecular formula is C43H52ClN5O6S3. The highest BCUT2D eigenvalue weighted by Gasteiger charge is 2.53. The second kappa shape index (κ2) is 17.0. The fourth-order valence-corrected chi connectivity index (χ4v) is 15.0. The first-order valence-electron chi connectivity index (χ1n) is 20.2. The van der Waals surface area contributed by atoms with Crippen LogP contribution in [0.25, 0.3) is 0 Å². The Labute approximate surface area is 355 Å². The lowest BCUT2D eigenvalue weighted by Gasteiger charge is -2.53. The van der Waals surface area contributed by atoms with Crippen molar-refractivity contribution in [3.05, 3.63) is 82.0 Å². The maximum atomic E-state index is 14.8. The molecule has 5 aliphatic rings. The molecule has 4 heterocycles. The van der Waals surface area contributed by atoms with Crippen LogP contribution in [-0.2, 0) is 33.3 Å². The summed E-state index contributed by atoms with van der Waals surface area (Å²) >= 11 is 10.5. The molecule has 15 heteroatoms. The maximum absolute atomic E-state index is 14.8. The smallest absolute Gasteiger partial charge is 0.285 e. The first-order chi connectivity index (χ1) is 27.9. The van der Waals surface area contributed by atoms with Crippen LogP contribution in [0.4, 0.5) is 5.69 Å². The van der Waals surface area contributed by atoms with E-state index in [-0.39, 0.29) is 39.0 Å². The number of rotatable bonds is 5. The van der Waals surface area contributed by atoms with Gasteiger partial charge in [-0.1, -0.05) is 36.7 Å². The normalized spacial score (nSPS) is 31.0. The molecule has 3 aliphatic heterocycles. The van der Waals surface area contributed by atoms with E-state index in [0.717, 1.165) is 66.4 Å². The predicted octanol–water partition coefficient (Wildman–Crippen LogP) is 8.24. The summed E-state index contributed by atoms with van der Waals surface area (Å²) in [6.07, 6.45) is 12.8. The van der Waals surface area contributed by atoms with Crippen molar-refractivity contribution in [2.45, 2.75) is 67.5 Å². The number of nitrogens with zero attached hydrogens (tertiary/aromatic N) is 5. The number of benzene rings is 2. The summed E-state index contributed by atoms with van der Waals surface area (Å²) in [4.78, 5) is 34.1.